The first-order valence-corrected chi connectivity index (χ1v) is 6.30. The molecule has 18 heavy (non-hydrogen) atoms. The highest BCUT2D eigenvalue weighted by Crippen LogP contribution is 2.48. The highest BCUT2D eigenvalue weighted by Gasteiger charge is 2.41. The Labute approximate surface area is 108 Å². The molecule has 1 aromatic carbocycles. The zero-order valence-electron chi connectivity index (χ0n) is 10.5. The highest BCUT2D eigenvalue weighted by molar-refractivity contribution is 5.67. The number of carbonyl (C=O) groups excluding carboxylic acids is 1. The fourth-order valence-electron chi connectivity index (χ4n) is 1.97. The lowest BCUT2D eigenvalue weighted by Gasteiger charge is -2.13. The monoisotopic (exact) mass is 245 g/mol. The first kappa shape index (κ1) is 12.7. The van der Waals surface area contributed by atoms with Gasteiger partial charge in [-0.2, -0.15) is 0 Å². The summed E-state index contributed by atoms with van der Waals surface area (Å²) >= 11 is 0. The molecule has 0 atom stereocenters. The van der Waals surface area contributed by atoms with E-state index in [1.54, 1.807) is 0 Å². The molecule has 0 saturated heterocycles. The van der Waals surface area contributed by atoms with Crippen molar-refractivity contribution >= 4 is 6.09 Å². The van der Waals surface area contributed by atoms with E-state index >= 15 is 0 Å². The van der Waals surface area contributed by atoms with Crippen LogP contribution in [-0.2, 0) is 11.3 Å². The van der Waals surface area contributed by atoms with Crippen LogP contribution >= 0.6 is 0 Å². The van der Waals surface area contributed by atoms with Crippen molar-refractivity contribution in [3.8, 4) is 0 Å². The van der Waals surface area contributed by atoms with Crippen LogP contribution in [0.1, 0.15) is 24.8 Å². The Bertz CT molecular complexity index is 410. The summed E-state index contributed by atoms with van der Waals surface area (Å²) in [6, 6.07) is 9.68. The molecule has 0 radical (unpaired) electrons. The Morgan fingerprint density at radius 1 is 1.39 bits per heavy atom. The average Bonchev–Trinajstić information content (AvgIpc) is 3.16. The van der Waals surface area contributed by atoms with Gasteiger partial charge in [-0.25, -0.2) is 4.79 Å². The summed E-state index contributed by atoms with van der Waals surface area (Å²) < 4.78 is 5.15. The number of hydrogen-bond donors (Lipinski definition) is 1. The quantitative estimate of drug-likeness (QED) is 0.781. The van der Waals surface area contributed by atoms with E-state index in [0.29, 0.717) is 13.2 Å². The van der Waals surface area contributed by atoms with Gasteiger partial charge in [0, 0.05) is 6.54 Å². The summed E-state index contributed by atoms with van der Waals surface area (Å²) in [5.74, 6) is 0. The Balaban J connectivity index is 1.68. The second-order valence-electron chi connectivity index (χ2n) is 4.91. The number of amides is 1. The normalized spacial score (nSPS) is 15.8. The maximum absolute atomic E-state index is 11.5. The topological polar surface area (TPSA) is 38.3 Å². The van der Waals surface area contributed by atoms with Crippen molar-refractivity contribution in [2.75, 3.05) is 6.54 Å². The smallest absolute Gasteiger partial charge is 0.407 e. The molecule has 0 spiro atoms. The lowest BCUT2D eigenvalue weighted by Crippen LogP contribution is -2.30. The van der Waals surface area contributed by atoms with Crippen LogP contribution < -0.4 is 5.32 Å². The summed E-state index contributed by atoms with van der Waals surface area (Å²) in [5.41, 5.74) is 1.26. The van der Waals surface area contributed by atoms with E-state index in [1.165, 1.54) is 0 Å². The number of benzene rings is 1. The number of ether oxygens (including phenoxy) is 1. The third-order valence-electron chi connectivity index (χ3n) is 3.35. The molecule has 1 saturated carbocycles. The van der Waals surface area contributed by atoms with Gasteiger partial charge in [0.05, 0.1) is 0 Å². The summed E-state index contributed by atoms with van der Waals surface area (Å²) in [7, 11) is 0. The lowest BCUT2D eigenvalue weighted by atomic mass is 10.0. The highest BCUT2D eigenvalue weighted by atomic mass is 16.5. The van der Waals surface area contributed by atoms with Crippen LogP contribution in [-0.4, -0.2) is 12.6 Å². The number of nitrogens with one attached hydrogen (secondary N) is 1. The predicted octanol–water partition coefficient (Wildman–Crippen LogP) is 3.27. The average molecular weight is 245 g/mol. The van der Waals surface area contributed by atoms with E-state index < -0.39 is 0 Å². The van der Waals surface area contributed by atoms with Crippen LogP contribution in [0.15, 0.2) is 43.0 Å². The van der Waals surface area contributed by atoms with Gasteiger partial charge in [-0.3, -0.25) is 0 Å². The lowest BCUT2D eigenvalue weighted by molar-refractivity contribution is 0.137. The SMILES string of the molecule is C=CCC1(CNC(=O)OCc2ccccc2)CC1. The Kier molecular flexibility index (Phi) is 4.03. The maximum Gasteiger partial charge on any atom is 0.407 e. The van der Waals surface area contributed by atoms with Crippen molar-refractivity contribution in [1.82, 2.24) is 5.32 Å². The van der Waals surface area contributed by atoms with Crippen molar-refractivity contribution in [3.63, 3.8) is 0 Å². The number of rotatable bonds is 6. The fourth-order valence-corrected chi connectivity index (χ4v) is 1.97. The van der Waals surface area contributed by atoms with Crippen molar-refractivity contribution < 1.29 is 9.53 Å². The van der Waals surface area contributed by atoms with Crippen LogP contribution in [0.25, 0.3) is 0 Å². The van der Waals surface area contributed by atoms with Gasteiger partial charge in [0.2, 0.25) is 0 Å². The molecule has 0 unspecified atom stereocenters. The summed E-state index contributed by atoms with van der Waals surface area (Å²) in [4.78, 5) is 11.5. The Morgan fingerprint density at radius 2 is 2.11 bits per heavy atom. The van der Waals surface area contributed by atoms with E-state index in [0.717, 1.165) is 24.8 Å². The summed E-state index contributed by atoms with van der Waals surface area (Å²) in [6.45, 7) is 4.75. The van der Waals surface area contributed by atoms with Gasteiger partial charge in [0.15, 0.2) is 0 Å². The molecule has 1 fully saturated rings. The van der Waals surface area contributed by atoms with Crippen molar-refractivity contribution in [1.29, 1.82) is 0 Å². The molecule has 0 heterocycles. The van der Waals surface area contributed by atoms with Crippen LogP contribution in [0.3, 0.4) is 0 Å². The number of hydrogen-bond acceptors (Lipinski definition) is 2. The largest absolute Gasteiger partial charge is 0.445 e. The van der Waals surface area contributed by atoms with Crippen LogP contribution in [0, 0.1) is 5.41 Å². The molecule has 0 aliphatic heterocycles. The van der Waals surface area contributed by atoms with Gasteiger partial charge >= 0.3 is 6.09 Å². The molecular weight excluding hydrogens is 226 g/mol. The van der Waals surface area contributed by atoms with Gasteiger partial charge < -0.3 is 10.1 Å². The Morgan fingerprint density at radius 3 is 2.72 bits per heavy atom. The minimum absolute atomic E-state index is 0.257. The third kappa shape index (κ3) is 3.62. The molecule has 3 heteroatoms. The number of alkyl carbamates (subject to hydrolysis) is 1. The first-order chi connectivity index (χ1) is 8.74. The van der Waals surface area contributed by atoms with Crippen molar-refractivity contribution in [2.24, 2.45) is 5.41 Å². The molecule has 2 rings (SSSR count). The van der Waals surface area contributed by atoms with E-state index in [-0.39, 0.29) is 11.5 Å². The predicted molar refractivity (Wildman–Crippen MR) is 71.1 cm³/mol. The van der Waals surface area contributed by atoms with Crippen molar-refractivity contribution in [2.45, 2.75) is 25.9 Å². The molecular formula is C15H19NO2. The molecule has 1 N–H and O–H groups in total. The molecule has 1 amide bonds. The zero-order chi connectivity index (χ0) is 12.8. The number of allylic oxidation sites excluding steroid dienone is 1. The summed E-state index contributed by atoms with van der Waals surface area (Å²) in [6.07, 6.45) is 4.88. The van der Waals surface area contributed by atoms with E-state index in [9.17, 15) is 4.79 Å². The number of carbonyl (C=O) groups is 1. The van der Waals surface area contributed by atoms with Gasteiger partial charge in [-0.1, -0.05) is 36.4 Å². The standard InChI is InChI=1S/C15H19NO2/c1-2-8-15(9-10-15)12-16-14(17)18-11-13-6-4-3-5-7-13/h2-7H,1,8-12H2,(H,16,17). The summed E-state index contributed by atoms with van der Waals surface area (Å²) in [5, 5.41) is 2.83. The fraction of sp³-hybridized carbons (Fsp3) is 0.400. The van der Waals surface area contributed by atoms with Crippen LogP contribution in [0.5, 0.6) is 0 Å². The third-order valence-corrected chi connectivity index (χ3v) is 3.35. The van der Waals surface area contributed by atoms with Gasteiger partial charge in [0.1, 0.15) is 6.61 Å². The van der Waals surface area contributed by atoms with E-state index in [2.05, 4.69) is 11.9 Å². The van der Waals surface area contributed by atoms with Gasteiger partial charge in [0.25, 0.3) is 0 Å². The van der Waals surface area contributed by atoms with Gasteiger partial charge in [-0.15, -0.1) is 6.58 Å². The van der Waals surface area contributed by atoms with E-state index in [1.807, 2.05) is 36.4 Å². The Hall–Kier alpha value is -1.77. The maximum atomic E-state index is 11.5. The minimum Gasteiger partial charge on any atom is -0.445 e. The molecule has 1 aromatic rings. The minimum atomic E-state index is -0.339. The molecule has 1 aliphatic carbocycles. The van der Waals surface area contributed by atoms with Crippen LogP contribution in [0.2, 0.25) is 0 Å². The van der Waals surface area contributed by atoms with Crippen LogP contribution in [0.4, 0.5) is 4.79 Å². The zero-order valence-corrected chi connectivity index (χ0v) is 10.5. The van der Waals surface area contributed by atoms with Crippen molar-refractivity contribution in [3.05, 3.63) is 48.6 Å². The van der Waals surface area contributed by atoms with Gasteiger partial charge in [-0.05, 0) is 30.2 Å². The molecule has 0 bridgehead atoms. The molecule has 1 aliphatic rings. The van der Waals surface area contributed by atoms with E-state index in [4.69, 9.17) is 4.74 Å². The molecule has 96 valence electrons. The second kappa shape index (κ2) is 5.71. The first-order valence-electron chi connectivity index (χ1n) is 6.30. The second-order valence-corrected chi connectivity index (χ2v) is 4.91. The molecule has 0 aromatic heterocycles. The molecule has 3 nitrogen and oxygen atoms in total.